The smallest absolute Gasteiger partial charge is 0.416 e. The van der Waals surface area contributed by atoms with Crippen LogP contribution in [0.4, 0.5) is 18.9 Å². The molecule has 0 bridgehead atoms. The third-order valence-corrected chi connectivity index (χ3v) is 10.8. The van der Waals surface area contributed by atoms with Crippen molar-refractivity contribution in [3.05, 3.63) is 52.6 Å². The lowest BCUT2D eigenvalue weighted by atomic mass is 9.71. The summed E-state index contributed by atoms with van der Waals surface area (Å²) in [6.07, 6.45) is 5.67. The van der Waals surface area contributed by atoms with Crippen molar-refractivity contribution in [3.8, 4) is 0 Å². The van der Waals surface area contributed by atoms with E-state index in [1.165, 1.54) is 43.2 Å². The van der Waals surface area contributed by atoms with E-state index in [0.29, 0.717) is 57.2 Å². The molecule has 1 saturated carbocycles. The molecule has 2 aliphatic carbocycles. The number of hydrogen-bond donors (Lipinski definition) is 1. The molecule has 6 nitrogen and oxygen atoms in total. The van der Waals surface area contributed by atoms with Gasteiger partial charge >= 0.3 is 12.1 Å². The van der Waals surface area contributed by atoms with Crippen molar-refractivity contribution in [2.45, 2.75) is 64.5 Å². The minimum atomic E-state index is -4.46. The topological polar surface area (TPSA) is 61.9 Å². The second kappa shape index (κ2) is 11.6. The Morgan fingerprint density at radius 1 is 1.09 bits per heavy atom. The van der Waals surface area contributed by atoms with Crippen LogP contribution in [0, 0.1) is 29.1 Å². The van der Waals surface area contributed by atoms with Gasteiger partial charge in [-0.05, 0) is 80.6 Å². The van der Waals surface area contributed by atoms with E-state index in [1.54, 1.807) is 6.07 Å². The zero-order chi connectivity index (χ0) is 30.5. The highest BCUT2D eigenvalue weighted by atomic mass is 19.4. The van der Waals surface area contributed by atoms with Crippen LogP contribution in [0.3, 0.4) is 0 Å². The van der Waals surface area contributed by atoms with Crippen molar-refractivity contribution >= 4 is 17.6 Å². The summed E-state index contributed by atoms with van der Waals surface area (Å²) in [5.74, 6) is 0.475. The highest BCUT2D eigenvalue weighted by molar-refractivity contribution is 5.84. The minimum Gasteiger partial charge on any atom is -0.469 e. The van der Waals surface area contributed by atoms with Crippen molar-refractivity contribution in [1.29, 1.82) is 0 Å². The second-order valence-electron chi connectivity index (χ2n) is 13.6. The summed E-state index contributed by atoms with van der Waals surface area (Å²) in [5, 5.41) is 3.53. The molecule has 0 aromatic heterocycles. The van der Waals surface area contributed by atoms with Crippen LogP contribution in [0.1, 0.15) is 69.4 Å². The maximum absolute atomic E-state index is 14.4. The van der Waals surface area contributed by atoms with Crippen LogP contribution in [0.2, 0.25) is 0 Å². The fourth-order valence-electron chi connectivity index (χ4n) is 8.15. The Labute approximate surface area is 252 Å². The maximum atomic E-state index is 14.4. The average molecular weight is 600 g/mol. The molecule has 1 aromatic rings. The fourth-order valence-corrected chi connectivity index (χ4v) is 8.15. The Morgan fingerprint density at radius 3 is 2.51 bits per heavy atom. The molecule has 3 aliphatic heterocycles. The first-order valence-electron chi connectivity index (χ1n) is 15.9. The number of ether oxygens (including phenoxy) is 1. The summed E-state index contributed by atoms with van der Waals surface area (Å²) in [4.78, 5) is 30.4. The Kier molecular flexibility index (Phi) is 8.16. The second-order valence-corrected chi connectivity index (χ2v) is 13.6. The lowest BCUT2D eigenvalue weighted by molar-refractivity contribution is -0.146. The van der Waals surface area contributed by atoms with E-state index >= 15 is 0 Å². The standard InChI is InChI=1S/C34H44F3N3O3/c1-21-18-40(32(42)33(2)20-38-17-29(33)26-7-5-4-6-25(26)22-8-9-22)19-28(21)27-11-10-24(34(35,36)37)16-30(27)39-14-12-23(13-15-39)31(41)43-3/h4,6,10-11,16,21-23,28-29,38H,5,7-9,12-15,17-20H2,1-3H3/t21-,28?,29-,33+/m0/s1. The Hall–Kier alpha value is -2.81. The first kappa shape index (κ1) is 30.2. The number of benzene rings is 1. The zero-order valence-electron chi connectivity index (χ0n) is 25.5. The van der Waals surface area contributed by atoms with Crippen LogP contribution in [0.15, 0.2) is 41.5 Å². The van der Waals surface area contributed by atoms with Gasteiger partial charge in [-0.2, -0.15) is 13.2 Å². The molecule has 0 spiro atoms. The monoisotopic (exact) mass is 599 g/mol. The lowest BCUT2D eigenvalue weighted by Crippen LogP contribution is -2.46. The number of halogens is 3. The molecular weight excluding hydrogens is 555 g/mol. The number of amides is 1. The van der Waals surface area contributed by atoms with Gasteiger partial charge in [0.2, 0.25) is 5.91 Å². The van der Waals surface area contributed by atoms with E-state index < -0.39 is 17.2 Å². The van der Waals surface area contributed by atoms with Gasteiger partial charge in [-0.25, -0.2) is 0 Å². The third kappa shape index (κ3) is 5.74. The highest BCUT2D eigenvalue weighted by Crippen LogP contribution is 2.49. The fraction of sp³-hybridized carbons (Fsp3) is 0.647. The quantitative estimate of drug-likeness (QED) is 0.411. The molecule has 3 saturated heterocycles. The van der Waals surface area contributed by atoms with Gasteiger partial charge in [0.05, 0.1) is 24.0 Å². The summed E-state index contributed by atoms with van der Waals surface area (Å²) < 4.78 is 46.4. The van der Waals surface area contributed by atoms with Gasteiger partial charge in [0.25, 0.3) is 0 Å². The molecule has 9 heteroatoms. The summed E-state index contributed by atoms with van der Waals surface area (Å²) in [6.45, 7) is 7.71. The largest absolute Gasteiger partial charge is 0.469 e. The number of likely N-dealkylation sites (tertiary alicyclic amines) is 1. The number of nitrogens with one attached hydrogen (secondary N) is 1. The number of carbonyl (C=O) groups is 2. The van der Waals surface area contributed by atoms with Gasteiger partial charge in [0, 0.05) is 56.8 Å². The van der Waals surface area contributed by atoms with Crippen LogP contribution in [0.25, 0.3) is 0 Å². The van der Waals surface area contributed by atoms with Crippen LogP contribution in [-0.2, 0) is 20.5 Å². The van der Waals surface area contributed by atoms with Crippen LogP contribution in [0.5, 0.6) is 0 Å². The molecule has 1 N–H and O–H groups in total. The van der Waals surface area contributed by atoms with Gasteiger partial charge in [-0.1, -0.05) is 30.7 Å². The molecule has 1 aromatic carbocycles. The third-order valence-electron chi connectivity index (χ3n) is 10.8. The van der Waals surface area contributed by atoms with Gasteiger partial charge in [0.1, 0.15) is 0 Å². The number of nitrogens with zero attached hydrogens (tertiary/aromatic N) is 2. The lowest BCUT2D eigenvalue weighted by Gasteiger charge is -2.37. The van der Waals surface area contributed by atoms with Crippen molar-refractivity contribution in [1.82, 2.24) is 10.2 Å². The maximum Gasteiger partial charge on any atom is 0.416 e. The number of carbonyl (C=O) groups excluding carboxylic acids is 2. The molecule has 4 atom stereocenters. The first-order valence-corrected chi connectivity index (χ1v) is 15.9. The Morgan fingerprint density at radius 2 is 1.84 bits per heavy atom. The summed E-state index contributed by atoms with van der Waals surface area (Å²) in [6, 6.07) is 4.08. The molecular formula is C34H44F3N3O3. The van der Waals surface area contributed by atoms with Crippen LogP contribution >= 0.6 is 0 Å². The predicted octanol–water partition coefficient (Wildman–Crippen LogP) is 5.94. The minimum absolute atomic E-state index is 0.0742. The van der Waals surface area contributed by atoms with E-state index in [0.717, 1.165) is 24.9 Å². The molecule has 234 valence electrons. The molecule has 5 aliphatic rings. The van der Waals surface area contributed by atoms with Gasteiger partial charge < -0.3 is 19.9 Å². The predicted molar refractivity (Wildman–Crippen MR) is 159 cm³/mol. The number of esters is 1. The van der Waals surface area contributed by atoms with E-state index in [1.807, 2.05) is 9.80 Å². The van der Waals surface area contributed by atoms with E-state index in [-0.39, 0.29) is 35.5 Å². The summed E-state index contributed by atoms with van der Waals surface area (Å²) >= 11 is 0. The normalized spacial score (nSPS) is 30.3. The Bertz CT molecular complexity index is 1310. The molecule has 1 unspecified atom stereocenters. The van der Waals surface area contributed by atoms with Crippen molar-refractivity contribution < 1.29 is 27.5 Å². The molecule has 43 heavy (non-hydrogen) atoms. The number of methoxy groups -OCH3 is 1. The zero-order valence-corrected chi connectivity index (χ0v) is 25.5. The first-order chi connectivity index (χ1) is 20.5. The van der Waals surface area contributed by atoms with Crippen LogP contribution < -0.4 is 10.2 Å². The SMILES string of the molecule is COC(=O)C1CCN(c2cc(C(F)(F)F)ccc2C2CN(C(=O)[C@]3(C)CNC[C@H]3C3=C(C4CC4)C=CCC3)C[C@@H]2C)CC1. The summed E-state index contributed by atoms with van der Waals surface area (Å²) in [7, 11) is 1.37. The molecule has 0 radical (unpaired) electrons. The highest BCUT2D eigenvalue weighted by Gasteiger charge is 2.51. The molecule has 3 heterocycles. The molecule has 4 fully saturated rings. The number of rotatable bonds is 6. The summed E-state index contributed by atoms with van der Waals surface area (Å²) in [5.41, 5.74) is 3.12. The van der Waals surface area contributed by atoms with E-state index in [4.69, 9.17) is 4.74 Å². The van der Waals surface area contributed by atoms with Crippen molar-refractivity contribution in [3.63, 3.8) is 0 Å². The Balaban J connectivity index is 1.25. The number of hydrogen-bond acceptors (Lipinski definition) is 5. The number of piperidine rings is 1. The average Bonchev–Trinajstić information content (AvgIpc) is 3.67. The number of alkyl halides is 3. The molecule has 6 rings (SSSR count). The number of allylic oxidation sites excluding steroid dienone is 3. The van der Waals surface area contributed by atoms with Crippen molar-refractivity contribution in [2.24, 2.45) is 29.1 Å². The number of anilines is 1. The van der Waals surface area contributed by atoms with Gasteiger partial charge in [-0.3, -0.25) is 9.59 Å². The van der Waals surface area contributed by atoms with E-state index in [2.05, 4.69) is 31.3 Å². The molecule has 1 amide bonds. The van der Waals surface area contributed by atoms with Crippen molar-refractivity contribution in [2.75, 3.05) is 51.3 Å². The van der Waals surface area contributed by atoms with Gasteiger partial charge in [-0.15, -0.1) is 0 Å². The van der Waals surface area contributed by atoms with Gasteiger partial charge in [0.15, 0.2) is 0 Å². The van der Waals surface area contributed by atoms with E-state index in [9.17, 15) is 22.8 Å². The van der Waals surface area contributed by atoms with Crippen LogP contribution in [-0.4, -0.2) is 63.2 Å².